The van der Waals surface area contributed by atoms with Crippen LogP contribution in [0, 0.1) is 0 Å². The van der Waals surface area contributed by atoms with Gasteiger partial charge in [0.2, 0.25) is 0 Å². The fourth-order valence-corrected chi connectivity index (χ4v) is 2.09. The van der Waals surface area contributed by atoms with Crippen molar-refractivity contribution in [3.05, 3.63) is 40.0 Å². The molecule has 2 aromatic rings. The lowest BCUT2D eigenvalue weighted by atomic mass is 10.1. The normalized spacial score (nSPS) is 10.5. The molecule has 0 unspecified atom stereocenters. The molecular weight excluding hydrogens is 282 g/mol. The van der Waals surface area contributed by atoms with Crippen molar-refractivity contribution in [1.29, 1.82) is 0 Å². The van der Waals surface area contributed by atoms with Gasteiger partial charge in [0.15, 0.2) is 0 Å². The number of ether oxygens (including phenoxy) is 1. The molecule has 0 amide bonds. The van der Waals surface area contributed by atoms with Gasteiger partial charge in [0.25, 0.3) is 0 Å². The number of benzene rings is 1. The molecule has 0 saturated heterocycles. The highest BCUT2D eigenvalue weighted by atomic mass is 79.9. The number of carbonyl (C=O) groups is 1. The molecule has 0 aliphatic rings. The van der Waals surface area contributed by atoms with Gasteiger partial charge < -0.3 is 4.74 Å². The summed E-state index contributed by atoms with van der Waals surface area (Å²) >= 11 is 3.41. The van der Waals surface area contributed by atoms with Crippen LogP contribution in [0.2, 0.25) is 0 Å². The van der Waals surface area contributed by atoms with Crippen molar-refractivity contribution in [1.82, 2.24) is 4.98 Å². The van der Waals surface area contributed by atoms with Gasteiger partial charge in [-0.05, 0) is 24.6 Å². The van der Waals surface area contributed by atoms with Crippen LogP contribution in [-0.2, 0) is 11.2 Å². The maximum absolute atomic E-state index is 11.6. The van der Waals surface area contributed by atoms with Crippen LogP contribution in [0.5, 0.6) is 0 Å². The Balaban J connectivity index is 2.68. The third-order valence-electron chi connectivity index (χ3n) is 2.60. The predicted molar refractivity (Wildman–Crippen MR) is 70.2 cm³/mol. The molecule has 0 aliphatic heterocycles. The highest BCUT2D eigenvalue weighted by molar-refractivity contribution is 9.10. The molecule has 0 radical (unpaired) electrons. The van der Waals surface area contributed by atoms with Crippen LogP contribution < -0.4 is 0 Å². The second kappa shape index (κ2) is 4.84. The zero-order valence-electron chi connectivity index (χ0n) is 9.66. The van der Waals surface area contributed by atoms with Crippen molar-refractivity contribution < 1.29 is 9.53 Å². The van der Waals surface area contributed by atoms with E-state index in [0.717, 1.165) is 21.1 Å². The van der Waals surface area contributed by atoms with E-state index in [-0.39, 0.29) is 5.97 Å². The second-order valence-corrected chi connectivity index (χ2v) is 4.58. The lowest BCUT2D eigenvalue weighted by molar-refractivity contribution is 0.0599. The number of hydrogen-bond acceptors (Lipinski definition) is 3. The van der Waals surface area contributed by atoms with E-state index in [4.69, 9.17) is 4.74 Å². The van der Waals surface area contributed by atoms with Crippen LogP contribution >= 0.6 is 15.9 Å². The van der Waals surface area contributed by atoms with Gasteiger partial charge >= 0.3 is 5.97 Å². The number of carbonyl (C=O) groups excluding carboxylic acids is 1. The van der Waals surface area contributed by atoms with Gasteiger partial charge in [-0.25, -0.2) is 4.79 Å². The van der Waals surface area contributed by atoms with Crippen LogP contribution in [0.25, 0.3) is 10.9 Å². The van der Waals surface area contributed by atoms with Gasteiger partial charge in [-0.1, -0.05) is 28.9 Å². The summed E-state index contributed by atoms with van der Waals surface area (Å²) in [6.45, 7) is 1.97. The average molecular weight is 294 g/mol. The van der Waals surface area contributed by atoms with E-state index in [9.17, 15) is 4.79 Å². The maximum Gasteiger partial charge on any atom is 0.339 e. The first kappa shape index (κ1) is 12.0. The van der Waals surface area contributed by atoms with Crippen molar-refractivity contribution >= 4 is 32.8 Å². The number of hydrogen-bond donors (Lipinski definition) is 0. The monoisotopic (exact) mass is 293 g/mol. The molecule has 4 heteroatoms. The largest absolute Gasteiger partial charge is 0.465 e. The molecule has 0 aliphatic carbocycles. The Morgan fingerprint density at radius 2 is 2.18 bits per heavy atom. The Labute approximate surface area is 108 Å². The van der Waals surface area contributed by atoms with E-state index in [2.05, 4.69) is 20.9 Å². The molecule has 17 heavy (non-hydrogen) atoms. The number of nitrogens with zero attached hydrogens (tertiary/aromatic N) is 1. The first-order chi connectivity index (χ1) is 8.15. The van der Waals surface area contributed by atoms with E-state index in [0.29, 0.717) is 12.0 Å². The second-order valence-electron chi connectivity index (χ2n) is 3.66. The number of aromatic nitrogens is 1. The van der Waals surface area contributed by atoms with Crippen LogP contribution in [0.4, 0.5) is 0 Å². The zero-order valence-corrected chi connectivity index (χ0v) is 11.2. The summed E-state index contributed by atoms with van der Waals surface area (Å²) in [6, 6.07) is 7.63. The quantitative estimate of drug-likeness (QED) is 0.797. The molecular formula is C13H12BrNO2. The topological polar surface area (TPSA) is 39.2 Å². The summed E-state index contributed by atoms with van der Waals surface area (Å²) in [7, 11) is 1.38. The van der Waals surface area contributed by atoms with Crippen molar-refractivity contribution in [2.45, 2.75) is 13.3 Å². The summed E-state index contributed by atoms with van der Waals surface area (Å²) in [6.07, 6.45) is 0.701. The van der Waals surface area contributed by atoms with E-state index in [1.807, 2.05) is 31.2 Å². The molecule has 88 valence electrons. The number of halogens is 1. The molecule has 1 aromatic heterocycles. The van der Waals surface area contributed by atoms with E-state index >= 15 is 0 Å². The first-order valence-electron chi connectivity index (χ1n) is 5.33. The number of methoxy groups -OCH3 is 1. The first-order valence-corrected chi connectivity index (χ1v) is 6.12. The minimum absolute atomic E-state index is 0.334. The summed E-state index contributed by atoms with van der Waals surface area (Å²) < 4.78 is 5.74. The summed E-state index contributed by atoms with van der Waals surface area (Å²) in [5.41, 5.74) is 2.19. The van der Waals surface area contributed by atoms with Gasteiger partial charge in [-0.3, -0.25) is 4.98 Å². The minimum atomic E-state index is -0.334. The van der Waals surface area contributed by atoms with Crippen molar-refractivity contribution in [2.24, 2.45) is 0 Å². The van der Waals surface area contributed by atoms with Crippen LogP contribution in [0.1, 0.15) is 23.0 Å². The zero-order chi connectivity index (χ0) is 12.4. The number of esters is 1. The molecule has 0 saturated carbocycles. The lowest BCUT2D eigenvalue weighted by Gasteiger charge is -2.07. The van der Waals surface area contributed by atoms with Crippen LogP contribution in [0.15, 0.2) is 28.7 Å². The number of rotatable bonds is 2. The Kier molecular flexibility index (Phi) is 3.43. The Morgan fingerprint density at radius 1 is 1.41 bits per heavy atom. The molecule has 3 nitrogen and oxygen atoms in total. The Bertz CT molecular complexity index is 581. The molecule has 1 heterocycles. The third kappa shape index (κ3) is 2.31. The van der Waals surface area contributed by atoms with Crippen molar-refractivity contribution in [2.75, 3.05) is 7.11 Å². The summed E-state index contributed by atoms with van der Waals surface area (Å²) in [5, 5.41) is 0.936. The number of pyridine rings is 1. The fraction of sp³-hybridized carbons (Fsp3) is 0.231. The number of aryl methyl sites for hydroxylation is 1. The Hall–Kier alpha value is -1.42. The molecule has 0 atom stereocenters. The standard InChI is InChI=1S/C13H12BrNO2/c1-3-11-10(13(16)17-2)6-8-4-5-9(14)7-12(8)15-11/h4-7H,3H2,1-2H3. The average Bonchev–Trinajstić information content (AvgIpc) is 2.36. The molecule has 0 N–H and O–H groups in total. The highest BCUT2D eigenvalue weighted by Gasteiger charge is 2.13. The minimum Gasteiger partial charge on any atom is -0.465 e. The van der Waals surface area contributed by atoms with E-state index < -0.39 is 0 Å². The fourth-order valence-electron chi connectivity index (χ4n) is 1.74. The van der Waals surface area contributed by atoms with Gasteiger partial charge in [0, 0.05) is 9.86 Å². The molecule has 0 spiro atoms. The maximum atomic E-state index is 11.6. The van der Waals surface area contributed by atoms with Gasteiger partial charge in [0.1, 0.15) is 0 Å². The number of fused-ring (bicyclic) bond motifs is 1. The summed E-state index contributed by atoms with van der Waals surface area (Å²) in [4.78, 5) is 16.1. The predicted octanol–water partition coefficient (Wildman–Crippen LogP) is 3.35. The van der Waals surface area contributed by atoms with Crippen LogP contribution in [-0.4, -0.2) is 18.1 Å². The SMILES string of the molecule is CCc1nc2cc(Br)ccc2cc1C(=O)OC. The molecule has 2 rings (SSSR count). The lowest BCUT2D eigenvalue weighted by Crippen LogP contribution is -2.07. The molecule has 0 bridgehead atoms. The van der Waals surface area contributed by atoms with Gasteiger partial charge in [0.05, 0.1) is 23.9 Å². The molecule has 0 fully saturated rings. The van der Waals surface area contributed by atoms with Gasteiger partial charge in [-0.2, -0.15) is 0 Å². The highest BCUT2D eigenvalue weighted by Crippen LogP contribution is 2.21. The molecule has 1 aromatic carbocycles. The smallest absolute Gasteiger partial charge is 0.339 e. The van der Waals surface area contributed by atoms with Crippen LogP contribution in [0.3, 0.4) is 0 Å². The van der Waals surface area contributed by atoms with Crippen molar-refractivity contribution in [3.63, 3.8) is 0 Å². The Morgan fingerprint density at radius 3 is 2.82 bits per heavy atom. The summed E-state index contributed by atoms with van der Waals surface area (Å²) in [5.74, 6) is -0.334. The third-order valence-corrected chi connectivity index (χ3v) is 3.09. The van der Waals surface area contributed by atoms with E-state index in [1.54, 1.807) is 0 Å². The van der Waals surface area contributed by atoms with Gasteiger partial charge in [-0.15, -0.1) is 0 Å². The van der Waals surface area contributed by atoms with E-state index in [1.165, 1.54) is 7.11 Å². The van der Waals surface area contributed by atoms with Crippen molar-refractivity contribution in [3.8, 4) is 0 Å².